The fourth-order valence-electron chi connectivity index (χ4n) is 1.94. The molecule has 1 aromatic carbocycles. The summed E-state index contributed by atoms with van der Waals surface area (Å²) in [6, 6.07) is 3.31. The van der Waals surface area contributed by atoms with E-state index in [1.165, 1.54) is 6.20 Å². The second-order valence-electron chi connectivity index (χ2n) is 3.74. The van der Waals surface area contributed by atoms with Gasteiger partial charge in [0.05, 0.1) is 11.8 Å². The molecule has 0 amide bonds. The number of ether oxygens (including phenoxy) is 2. The van der Waals surface area contributed by atoms with Gasteiger partial charge in [-0.25, -0.2) is 0 Å². The van der Waals surface area contributed by atoms with Crippen LogP contribution in [0, 0.1) is 0 Å². The minimum absolute atomic E-state index is 0.0393. The van der Waals surface area contributed by atoms with Gasteiger partial charge in [0.15, 0.2) is 11.5 Å². The van der Waals surface area contributed by atoms with Crippen LogP contribution >= 0.6 is 0 Å². The minimum atomic E-state index is -1.72. The van der Waals surface area contributed by atoms with Crippen LogP contribution in [0.1, 0.15) is 0 Å². The first-order valence-electron chi connectivity index (χ1n) is 5.17. The van der Waals surface area contributed by atoms with Crippen molar-refractivity contribution in [3.05, 3.63) is 18.3 Å². The molecule has 92 valence electrons. The number of nitrogens with two attached hydrogens (primary N) is 1. The molecule has 0 spiro atoms. The SMILES string of the molecule is Nc1oncc1-c1ccc2c(c1B(O)O)OCO2. The standard InChI is InChI=1S/C10H9BN2O5/c12-10-6(3-13-18-10)5-1-2-7-9(17-4-16-7)8(5)11(14)15/h1-3,14-15H,4,12H2. The first-order chi connectivity index (χ1) is 8.68. The Balaban J connectivity index is 2.24. The maximum atomic E-state index is 9.49. The van der Waals surface area contributed by atoms with E-state index in [0.29, 0.717) is 22.6 Å². The summed E-state index contributed by atoms with van der Waals surface area (Å²) in [5.41, 5.74) is 6.75. The van der Waals surface area contributed by atoms with E-state index >= 15 is 0 Å². The monoisotopic (exact) mass is 248 g/mol. The molecular formula is C10H9BN2O5. The van der Waals surface area contributed by atoms with Crippen LogP contribution < -0.4 is 20.7 Å². The Bertz CT molecular complexity index is 598. The molecule has 4 N–H and O–H groups in total. The third-order valence-electron chi connectivity index (χ3n) is 2.72. The van der Waals surface area contributed by atoms with Gasteiger partial charge < -0.3 is 29.8 Å². The highest BCUT2D eigenvalue weighted by Gasteiger charge is 2.30. The summed E-state index contributed by atoms with van der Waals surface area (Å²) in [6.07, 6.45) is 1.40. The van der Waals surface area contributed by atoms with Gasteiger partial charge in [0.1, 0.15) is 0 Å². The van der Waals surface area contributed by atoms with Crippen molar-refractivity contribution in [2.75, 3.05) is 12.5 Å². The quantitative estimate of drug-likeness (QED) is 0.604. The lowest BCUT2D eigenvalue weighted by Gasteiger charge is -2.10. The molecule has 1 aromatic heterocycles. The van der Waals surface area contributed by atoms with Crippen molar-refractivity contribution in [3.8, 4) is 22.6 Å². The lowest BCUT2D eigenvalue weighted by atomic mass is 9.74. The van der Waals surface area contributed by atoms with Crippen molar-refractivity contribution < 1.29 is 24.0 Å². The summed E-state index contributed by atoms with van der Waals surface area (Å²) in [4.78, 5) is 0. The number of anilines is 1. The van der Waals surface area contributed by atoms with Gasteiger partial charge in [-0.2, -0.15) is 0 Å². The molecule has 0 unspecified atom stereocenters. The van der Waals surface area contributed by atoms with Crippen LogP contribution in [0.15, 0.2) is 22.9 Å². The molecule has 0 radical (unpaired) electrons. The van der Waals surface area contributed by atoms with E-state index < -0.39 is 7.12 Å². The van der Waals surface area contributed by atoms with E-state index in [9.17, 15) is 10.0 Å². The molecular weight excluding hydrogens is 239 g/mol. The topological polar surface area (TPSA) is 111 Å². The smallest absolute Gasteiger partial charge is 0.454 e. The highest BCUT2D eigenvalue weighted by molar-refractivity contribution is 6.62. The predicted octanol–water partition coefficient (Wildman–Crippen LogP) is -0.668. The lowest BCUT2D eigenvalue weighted by Crippen LogP contribution is -2.32. The number of fused-ring (bicyclic) bond motifs is 1. The first-order valence-corrected chi connectivity index (χ1v) is 5.17. The summed E-state index contributed by atoms with van der Waals surface area (Å²) >= 11 is 0. The third-order valence-corrected chi connectivity index (χ3v) is 2.72. The number of nitrogen functional groups attached to an aromatic ring is 1. The van der Waals surface area contributed by atoms with Crippen molar-refractivity contribution in [1.82, 2.24) is 5.16 Å². The van der Waals surface area contributed by atoms with Gasteiger partial charge in [0.25, 0.3) is 0 Å². The molecule has 0 atom stereocenters. The van der Waals surface area contributed by atoms with Crippen molar-refractivity contribution in [3.63, 3.8) is 0 Å². The molecule has 18 heavy (non-hydrogen) atoms. The van der Waals surface area contributed by atoms with Gasteiger partial charge in [-0.15, -0.1) is 0 Å². The zero-order valence-corrected chi connectivity index (χ0v) is 9.16. The molecule has 2 heterocycles. The summed E-state index contributed by atoms with van der Waals surface area (Å²) < 4.78 is 15.2. The fraction of sp³-hybridized carbons (Fsp3) is 0.100. The first kappa shape index (κ1) is 10.9. The van der Waals surface area contributed by atoms with Crippen LogP contribution in [-0.2, 0) is 0 Å². The third kappa shape index (κ3) is 1.51. The summed E-state index contributed by atoms with van der Waals surface area (Å²) in [7, 11) is -1.72. The van der Waals surface area contributed by atoms with Gasteiger partial charge in [-0.05, 0) is 11.6 Å². The summed E-state index contributed by atoms with van der Waals surface area (Å²) in [5, 5.41) is 22.5. The molecule has 0 fully saturated rings. The largest absolute Gasteiger partial charge is 0.493 e. The second-order valence-corrected chi connectivity index (χ2v) is 3.74. The molecule has 0 saturated carbocycles. The highest BCUT2D eigenvalue weighted by atomic mass is 16.7. The average Bonchev–Trinajstić information content (AvgIpc) is 2.95. The minimum Gasteiger partial charge on any atom is -0.454 e. The van der Waals surface area contributed by atoms with Crippen LogP contribution in [-0.4, -0.2) is 29.1 Å². The molecule has 7 nitrogen and oxygen atoms in total. The van der Waals surface area contributed by atoms with Crippen LogP contribution in [0.4, 0.5) is 5.88 Å². The molecule has 0 saturated heterocycles. The van der Waals surface area contributed by atoms with E-state index in [2.05, 4.69) is 5.16 Å². The second kappa shape index (κ2) is 3.93. The Morgan fingerprint density at radius 2 is 2.06 bits per heavy atom. The van der Waals surface area contributed by atoms with Gasteiger partial charge in [-0.3, -0.25) is 0 Å². The number of hydrogen-bond acceptors (Lipinski definition) is 7. The summed E-state index contributed by atoms with van der Waals surface area (Å²) in [6.45, 7) is 0.0393. The zero-order chi connectivity index (χ0) is 12.7. The normalized spacial score (nSPS) is 12.8. The number of aromatic nitrogens is 1. The molecule has 0 aliphatic carbocycles. The summed E-state index contributed by atoms with van der Waals surface area (Å²) in [5.74, 6) is 0.843. The molecule has 2 aromatic rings. The van der Waals surface area contributed by atoms with Gasteiger partial charge >= 0.3 is 7.12 Å². The van der Waals surface area contributed by atoms with Crippen molar-refractivity contribution >= 4 is 18.5 Å². The maximum Gasteiger partial charge on any atom is 0.493 e. The van der Waals surface area contributed by atoms with E-state index in [1.807, 2.05) is 0 Å². The lowest BCUT2D eigenvalue weighted by molar-refractivity contribution is 0.174. The van der Waals surface area contributed by atoms with Crippen molar-refractivity contribution in [1.29, 1.82) is 0 Å². The van der Waals surface area contributed by atoms with Crippen molar-refractivity contribution in [2.24, 2.45) is 0 Å². The average molecular weight is 248 g/mol. The van der Waals surface area contributed by atoms with Crippen molar-refractivity contribution in [2.45, 2.75) is 0 Å². The van der Waals surface area contributed by atoms with Crippen LogP contribution in [0.25, 0.3) is 11.1 Å². The highest BCUT2D eigenvalue weighted by Crippen LogP contribution is 2.35. The molecule has 0 bridgehead atoms. The number of nitrogens with zero attached hydrogens (tertiary/aromatic N) is 1. The number of hydrogen-bond donors (Lipinski definition) is 3. The van der Waals surface area contributed by atoms with Gasteiger partial charge in [0, 0.05) is 5.46 Å². The Hall–Kier alpha value is -2.19. The number of rotatable bonds is 2. The molecule has 3 rings (SSSR count). The molecule has 1 aliphatic heterocycles. The zero-order valence-electron chi connectivity index (χ0n) is 9.16. The van der Waals surface area contributed by atoms with E-state index in [4.69, 9.17) is 19.7 Å². The fourth-order valence-corrected chi connectivity index (χ4v) is 1.94. The van der Waals surface area contributed by atoms with Crippen LogP contribution in [0.5, 0.6) is 11.5 Å². The van der Waals surface area contributed by atoms with E-state index in [1.54, 1.807) is 12.1 Å². The van der Waals surface area contributed by atoms with E-state index in [0.717, 1.165) is 0 Å². The van der Waals surface area contributed by atoms with E-state index in [-0.39, 0.29) is 18.1 Å². The number of benzene rings is 1. The molecule has 1 aliphatic rings. The van der Waals surface area contributed by atoms with Gasteiger partial charge in [0.2, 0.25) is 12.7 Å². The van der Waals surface area contributed by atoms with Crippen LogP contribution in [0.3, 0.4) is 0 Å². The Labute approximate surface area is 102 Å². The Morgan fingerprint density at radius 3 is 2.72 bits per heavy atom. The molecule has 8 heteroatoms. The Kier molecular flexibility index (Phi) is 2.39. The maximum absolute atomic E-state index is 9.49. The Morgan fingerprint density at radius 1 is 1.22 bits per heavy atom. The predicted molar refractivity (Wildman–Crippen MR) is 62.3 cm³/mol. The van der Waals surface area contributed by atoms with Gasteiger partial charge in [-0.1, -0.05) is 11.2 Å². The van der Waals surface area contributed by atoms with Crippen LogP contribution in [0.2, 0.25) is 0 Å².